The second-order valence-electron chi connectivity index (χ2n) is 4.48. The Balaban J connectivity index is 2.73. The summed E-state index contributed by atoms with van der Waals surface area (Å²) in [6.45, 7) is 9.69. The zero-order valence-electron chi connectivity index (χ0n) is 11.8. The summed E-state index contributed by atoms with van der Waals surface area (Å²) >= 11 is 0. The molecule has 1 aromatic carbocycles. The molecule has 0 aliphatic heterocycles. The molecule has 1 rings (SSSR count). The van der Waals surface area contributed by atoms with Gasteiger partial charge in [0.05, 0.1) is 5.70 Å². The molecule has 1 aromatic rings. The van der Waals surface area contributed by atoms with Gasteiger partial charge in [-0.15, -0.1) is 0 Å². The molecule has 20 heavy (non-hydrogen) atoms. The third-order valence-corrected chi connectivity index (χ3v) is 2.55. The van der Waals surface area contributed by atoms with Crippen LogP contribution in [0.5, 0.6) is 0 Å². The van der Waals surface area contributed by atoms with Crippen LogP contribution in [0.2, 0.25) is 0 Å². The monoisotopic (exact) mass is 267 g/mol. The van der Waals surface area contributed by atoms with E-state index in [4.69, 9.17) is 11.6 Å². The molecular weight excluding hydrogens is 246 g/mol. The Morgan fingerprint density at radius 3 is 2.30 bits per heavy atom. The third-order valence-electron chi connectivity index (χ3n) is 2.55. The normalized spacial score (nSPS) is 12.0. The van der Waals surface area contributed by atoms with E-state index >= 15 is 0 Å². The number of hydrogen-bond acceptors (Lipinski definition) is 3. The van der Waals surface area contributed by atoms with Crippen LogP contribution in [0.25, 0.3) is 11.8 Å². The van der Waals surface area contributed by atoms with Gasteiger partial charge in [0.1, 0.15) is 0 Å². The van der Waals surface area contributed by atoms with Gasteiger partial charge in [-0.2, -0.15) is 0 Å². The maximum Gasteiger partial charge on any atom is 0.0561 e. The Morgan fingerprint density at radius 2 is 1.75 bits per heavy atom. The fourth-order valence-electron chi connectivity index (χ4n) is 1.47. The van der Waals surface area contributed by atoms with Gasteiger partial charge in [-0.1, -0.05) is 67.3 Å². The van der Waals surface area contributed by atoms with E-state index in [2.05, 4.69) is 18.6 Å². The van der Waals surface area contributed by atoms with E-state index < -0.39 is 0 Å². The minimum atomic E-state index is 0.594. The Bertz CT molecular complexity index is 560. The maximum atomic E-state index is 5.81. The molecule has 5 N–H and O–H groups in total. The standard InChI is InChI=1S/C17H21N3/c1-13(2)4-5-14(3)6-7-15-8-10-16(11-9-15)17(18)12-20-19/h4-12,20H,1,3,18-19H2,2H3/b5-4-,7-6+,17-12-. The molecule has 0 saturated carbocycles. The van der Waals surface area contributed by atoms with Gasteiger partial charge in [0.25, 0.3) is 0 Å². The van der Waals surface area contributed by atoms with Crippen molar-refractivity contribution in [3.63, 3.8) is 0 Å². The van der Waals surface area contributed by atoms with E-state index in [0.717, 1.165) is 22.3 Å². The van der Waals surface area contributed by atoms with Gasteiger partial charge in [-0.3, -0.25) is 5.84 Å². The molecule has 104 valence electrons. The highest BCUT2D eigenvalue weighted by molar-refractivity contribution is 5.64. The molecule has 3 heteroatoms. The lowest BCUT2D eigenvalue weighted by molar-refractivity contribution is 0.967. The molecule has 0 aromatic heterocycles. The summed E-state index contributed by atoms with van der Waals surface area (Å²) in [6, 6.07) is 7.85. The van der Waals surface area contributed by atoms with E-state index in [0.29, 0.717) is 5.70 Å². The highest BCUT2D eigenvalue weighted by Crippen LogP contribution is 2.12. The van der Waals surface area contributed by atoms with Crippen molar-refractivity contribution in [3.8, 4) is 0 Å². The highest BCUT2D eigenvalue weighted by atomic mass is 15.2. The summed E-state index contributed by atoms with van der Waals surface area (Å²) in [5.74, 6) is 5.19. The van der Waals surface area contributed by atoms with Crippen LogP contribution in [-0.4, -0.2) is 0 Å². The van der Waals surface area contributed by atoms with Crippen LogP contribution in [-0.2, 0) is 0 Å². The minimum Gasteiger partial charge on any atom is -0.397 e. The minimum absolute atomic E-state index is 0.594. The van der Waals surface area contributed by atoms with Crippen molar-refractivity contribution in [2.24, 2.45) is 11.6 Å². The zero-order valence-corrected chi connectivity index (χ0v) is 11.8. The number of nitrogens with two attached hydrogens (primary N) is 2. The van der Waals surface area contributed by atoms with Crippen LogP contribution >= 0.6 is 0 Å². The van der Waals surface area contributed by atoms with Crippen molar-refractivity contribution >= 4 is 11.8 Å². The van der Waals surface area contributed by atoms with Crippen molar-refractivity contribution < 1.29 is 0 Å². The van der Waals surface area contributed by atoms with Crippen LogP contribution in [0.4, 0.5) is 0 Å². The van der Waals surface area contributed by atoms with Crippen LogP contribution in [0.15, 0.2) is 73.0 Å². The molecule has 0 aliphatic carbocycles. The van der Waals surface area contributed by atoms with Gasteiger partial charge >= 0.3 is 0 Å². The summed E-state index contributed by atoms with van der Waals surface area (Å²) < 4.78 is 0. The first-order valence-electron chi connectivity index (χ1n) is 6.25. The molecule has 3 nitrogen and oxygen atoms in total. The molecule has 0 atom stereocenters. The van der Waals surface area contributed by atoms with Crippen molar-refractivity contribution in [1.82, 2.24) is 5.43 Å². The lowest BCUT2D eigenvalue weighted by Crippen LogP contribution is -2.16. The van der Waals surface area contributed by atoms with Gasteiger partial charge in [0.15, 0.2) is 0 Å². The fourth-order valence-corrected chi connectivity index (χ4v) is 1.47. The fraction of sp³-hybridized carbons (Fsp3) is 0.0588. The molecule has 0 radical (unpaired) electrons. The molecule has 0 saturated heterocycles. The molecule has 0 unspecified atom stereocenters. The summed E-state index contributed by atoms with van der Waals surface area (Å²) in [6.07, 6.45) is 9.36. The second-order valence-corrected chi connectivity index (χ2v) is 4.48. The first-order valence-corrected chi connectivity index (χ1v) is 6.25. The lowest BCUT2D eigenvalue weighted by atomic mass is 10.1. The van der Waals surface area contributed by atoms with Gasteiger partial charge in [-0.05, 0) is 23.6 Å². The maximum absolute atomic E-state index is 5.81. The average molecular weight is 267 g/mol. The molecule has 0 heterocycles. The van der Waals surface area contributed by atoms with Crippen LogP contribution in [0.3, 0.4) is 0 Å². The number of hydrogen-bond donors (Lipinski definition) is 3. The molecule has 0 spiro atoms. The number of nitrogens with one attached hydrogen (secondary N) is 1. The Morgan fingerprint density at radius 1 is 1.10 bits per heavy atom. The predicted molar refractivity (Wildman–Crippen MR) is 88.1 cm³/mol. The van der Waals surface area contributed by atoms with E-state index in [1.54, 1.807) is 6.20 Å². The average Bonchev–Trinajstić information content (AvgIpc) is 2.43. The highest BCUT2D eigenvalue weighted by Gasteiger charge is 1.95. The van der Waals surface area contributed by atoms with Gasteiger partial charge in [-0.25, -0.2) is 0 Å². The number of rotatable bonds is 6. The molecule has 0 fully saturated rings. The SMILES string of the molecule is C=C(C)/C=C\C(=C)/C=C/c1ccc(/C(N)=C/NN)cc1. The van der Waals surface area contributed by atoms with Crippen LogP contribution < -0.4 is 17.0 Å². The van der Waals surface area contributed by atoms with Crippen LogP contribution in [0, 0.1) is 0 Å². The Kier molecular flexibility index (Phi) is 6.07. The Labute approximate surface area is 120 Å². The Hall–Kier alpha value is -2.52. The number of allylic oxidation sites excluding steroid dienone is 5. The van der Waals surface area contributed by atoms with E-state index in [1.807, 2.05) is 55.5 Å². The molecule has 0 aliphatic rings. The molecule has 0 amide bonds. The van der Waals surface area contributed by atoms with Crippen LogP contribution in [0.1, 0.15) is 18.1 Å². The molecular formula is C17H21N3. The zero-order chi connectivity index (χ0) is 15.0. The van der Waals surface area contributed by atoms with E-state index in [-0.39, 0.29) is 0 Å². The topological polar surface area (TPSA) is 64.1 Å². The summed E-state index contributed by atoms with van der Waals surface area (Å²) in [5, 5.41) is 0. The van der Waals surface area contributed by atoms with Gasteiger partial charge in [0, 0.05) is 6.20 Å². The first kappa shape index (κ1) is 15.5. The number of benzene rings is 1. The quantitative estimate of drug-likeness (QED) is 0.421. The predicted octanol–water partition coefficient (Wildman–Crippen LogP) is 3.11. The largest absolute Gasteiger partial charge is 0.397 e. The van der Waals surface area contributed by atoms with E-state index in [9.17, 15) is 0 Å². The smallest absolute Gasteiger partial charge is 0.0561 e. The summed E-state index contributed by atoms with van der Waals surface area (Å²) in [7, 11) is 0. The van der Waals surface area contributed by atoms with Gasteiger partial charge < -0.3 is 11.2 Å². The number of hydrazine groups is 1. The van der Waals surface area contributed by atoms with Crippen molar-refractivity contribution in [1.29, 1.82) is 0 Å². The first-order chi connectivity index (χ1) is 9.52. The van der Waals surface area contributed by atoms with Crippen molar-refractivity contribution in [2.45, 2.75) is 6.92 Å². The van der Waals surface area contributed by atoms with Crippen molar-refractivity contribution in [2.75, 3.05) is 0 Å². The lowest BCUT2D eigenvalue weighted by Gasteiger charge is -2.02. The second kappa shape index (κ2) is 7.81. The van der Waals surface area contributed by atoms with Gasteiger partial charge in [0.2, 0.25) is 0 Å². The summed E-state index contributed by atoms with van der Waals surface area (Å²) in [5.41, 5.74) is 12.7. The molecule has 0 bridgehead atoms. The third kappa shape index (κ3) is 5.42. The van der Waals surface area contributed by atoms with Crippen molar-refractivity contribution in [3.05, 3.63) is 84.1 Å². The summed E-state index contributed by atoms with van der Waals surface area (Å²) in [4.78, 5) is 0. The van der Waals surface area contributed by atoms with E-state index in [1.165, 1.54) is 0 Å².